The molecular formula is C13H11Cl2NO2S. The van der Waals surface area contributed by atoms with Gasteiger partial charge in [0.2, 0.25) is 0 Å². The normalized spacial score (nSPS) is 10.2. The molecule has 1 amide bonds. The minimum absolute atomic E-state index is 0.0918. The predicted molar refractivity (Wildman–Crippen MR) is 78.1 cm³/mol. The van der Waals surface area contributed by atoms with Crippen LogP contribution in [0.25, 0.3) is 0 Å². The van der Waals surface area contributed by atoms with E-state index in [9.17, 15) is 4.79 Å². The first-order valence-electron chi connectivity index (χ1n) is 5.52. The van der Waals surface area contributed by atoms with Gasteiger partial charge in [-0.25, -0.2) is 0 Å². The number of rotatable bonds is 5. The van der Waals surface area contributed by atoms with E-state index in [0.29, 0.717) is 22.3 Å². The second kappa shape index (κ2) is 6.80. The number of hydrogen-bond acceptors (Lipinski definition) is 3. The van der Waals surface area contributed by atoms with Crippen molar-refractivity contribution in [1.29, 1.82) is 0 Å². The van der Waals surface area contributed by atoms with Gasteiger partial charge in [-0.05, 0) is 23.6 Å². The molecule has 0 aliphatic heterocycles. The van der Waals surface area contributed by atoms with Crippen LogP contribution in [0.5, 0.6) is 5.75 Å². The number of ether oxygens (including phenoxy) is 1. The van der Waals surface area contributed by atoms with E-state index in [1.807, 2.05) is 17.5 Å². The highest BCUT2D eigenvalue weighted by Crippen LogP contribution is 2.27. The van der Waals surface area contributed by atoms with Crippen molar-refractivity contribution in [3.63, 3.8) is 0 Å². The summed E-state index contributed by atoms with van der Waals surface area (Å²) in [6, 6.07) is 8.76. The Kier molecular flexibility index (Phi) is 5.07. The first-order valence-corrected chi connectivity index (χ1v) is 7.15. The maximum absolute atomic E-state index is 11.6. The minimum atomic E-state index is -0.204. The van der Waals surface area contributed by atoms with Crippen molar-refractivity contribution in [2.75, 3.05) is 6.61 Å². The fourth-order valence-corrected chi connectivity index (χ4v) is 2.36. The molecule has 0 unspecified atom stereocenters. The van der Waals surface area contributed by atoms with Gasteiger partial charge in [0.25, 0.3) is 5.91 Å². The second-order valence-corrected chi connectivity index (χ2v) is 5.60. The van der Waals surface area contributed by atoms with Gasteiger partial charge in [0.05, 0.1) is 11.6 Å². The van der Waals surface area contributed by atoms with Crippen LogP contribution in [-0.2, 0) is 11.3 Å². The molecule has 0 aliphatic carbocycles. The fourth-order valence-electron chi connectivity index (χ4n) is 1.38. The lowest BCUT2D eigenvalue weighted by atomic mass is 10.3. The second-order valence-electron chi connectivity index (χ2n) is 3.72. The van der Waals surface area contributed by atoms with Crippen LogP contribution in [0.15, 0.2) is 35.7 Å². The third-order valence-electron chi connectivity index (χ3n) is 2.29. The van der Waals surface area contributed by atoms with Crippen molar-refractivity contribution in [1.82, 2.24) is 5.32 Å². The largest absolute Gasteiger partial charge is 0.482 e. The highest BCUT2D eigenvalue weighted by molar-refractivity contribution is 7.09. The molecule has 0 fully saturated rings. The molecule has 6 heteroatoms. The zero-order valence-electron chi connectivity index (χ0n) is 9.86. The van der Waals surface area contributed by atoms with E-state index in [0.717, 1.165) is 4.88 Å². The van der Waals surface area contributed by atoms with Crippen molar-refractivity contribution in [2.45, 2.75) is 6.54 Å². The molecule has 19 heavy (non-hydrogen) atoms. The molecule has 3 nitrogen and oxygen atoms in total. The number of halogens is 2. The maximum atomic E-state index is 11.6. The topological polar surface area (TPSA) is 38.3 Å². The maximum Gasteiger partial charge on any atom is 0.258 e. The lowest BCUT2D eigenvalue weighted by molar-refractivity contribution is -0.123. The SMILES string of the molecule is O=C(COc1cc(Cl)ccc1Cl)NCc1cccs1. The quantitative estimate of drug-likeness (QED) is 0.912. The number of carbonyl (C=O) groups is 1. The molecule has 0 aliphatic rings. The van der Waals surface area contributed by atoms with Gasteiger partial charge in [-0.15, -0.1) is 11.3 Å². The molecule has 0 saturated heterocycles. The summed E-state index contributed by atoms with van der Waals surface area (Å²) in [7, 11) is 0. The molecule has 1 N–H and O–H groups in total. The smallest absolute Gasteiger partial charge is 0.258 e. The van der Waals surface area contributed by atoms with Crippen LogP contribution in [0.2, 0.25) is 10.0 Å². The summed E-state index contributed by atoms with van der Waals surface area (Å²) in [5.74, 6) is 0.199. The Labute approximate surface area is 125 Å². The monoisotopic (exact) mass is 315 g/mol. The van der Waals surface area contributed by atoms with Crippen molar-refractivity contribution < 1.29 is 9.53 Å². The first kappa shape index (κ1) is 14.2. The van der Waals surface area contributed by atoms with Crippen molar-refractivity contribution >= 4 is 40.4 Å². The average molecular weight is 316 g/mol. The molecule has 0 radical (unpaired) electrons. The van der Waals surface area contributed by atoms with E-state index < -0.39 is 0 Å². The highest BCUT2D eigenvalue weighted by Gasteiger charge is 2.06. The number of hydrogen-bond donors (Lipinski definition) is 1. The van der Waals surface area contributed by atoms with Gasteiger partial charge in [0.15, 0.2) is 6.61 Å². The molecule has 0 saturated carbocycles. The molecule has 0 bridgehead atoms. The summed E-state index contributed by atoms with van der Waals surface area (Å²) >= 11 is 13.3. The van der Waals surface area contributed by atoms with E-state index in [1.165, 1.54) is 0 Å². The van der Waals surface area contributed by atoms with Gasteiger partial charge in [0.1, 0.15) is 5.75 Å². The molecule has 2 aromatic rings. The number of amides is 1. The van der Waals surface area contributed by atoms with E-state index in [1.54, 1.807) is 29.5 Å². The zero-order valence-corrected chi connectivity index (χ0v) is 12.2. The number of carbonyl (C=O) groups excluding carboxylic acids is 1. The van der Waals surface area contributed by atoms with Crippen LogP contribution in [-0.4, -0.2) is 12.5 Å². The summed E-state index contributed by atoms with van der Waals surface area (Å²) in [5.41, 5.74) is 0. The lowest BCUT2D eigenvalue weighted by Gasteiger charge is -2.08. The van der Waals surface area contributed by atoms with Crippen LogP contribution in [0.1, 0.15) is 4.88 Å². The summed E-state index contributed by atoms with van der Waals surface area (Å²) in [6.07, 6.45) is 0. The van der Waals surface area contributed by atoms with Crippen LogP contribution >= 0.6 is 34.5 Å². The summed E-state index contributed by atoms with van der Waals surface area (Å²) in [4.78, 5) is 12.7. The molecule has 1 aromatic heterocycles. The Balaban J connectivity index is 1.81. The Morgan fingerprint density at radius 1 is 1.32 bits per heavy atom. The molecule has 2 rings (SSSR count). The Morgan fingerprint density at radius 3 is 2.89 bits per heavy atom. The van der Waals surface area contributed by atoms with Crippen LogP contribution in [0.3, 0.4) is 0 Å². The van der Waals surface area contributed by atoms with Crippen LogP contribution in [0.4, 0.5) is 0 Å². The van der Waals surface area contributed by atoms with E-state index in [2.05, 4.69) is 5.32 Å². The Hall–Kier alpha value is -1.23. The number of benzene rings is 1. The number of thiophene rings is 1. The first-order chi connectivity index (χ1) is 9.15. The third-order valence-corrected chi connectivity index (χ3v) is 3.72. The standard InChI is InChI=1S/C13H11Cl2NO2S/c14-9-3-4-11(15)12(6-9)18-8-13(17)16-7-10-2-1-5-19-10/h1-6H,7-8H2,(H,16,17). The van der Waals surface area contributed by atoms with Crippen molar-refractivity contribution in [3.8, 4) is 5.75 Å². The molecule has 0 atom stereocenters. The van der Waals surface area contributed by atoms with Gasteiger partial charge < -0.3 is 10.1 Å². The summed E-state index contributed by atoms with van der Waals surface area (Å²) < 4.78 is 5.32. The van der Waals surface area contributed by atoms with Crippen molar-refractivity contribution in [3.05, 3.63) is 50.6 Å². The summed E-state index contributed by atoms with van der Waals surface area (Å²) in [5, 5.41) is 5.66. The average Bonchev–Trinajstić information content (AvgIpc) is 2.90. The Bertz CT molecular complexity index is 558. The van der Waals surface area contributed by atoms with Crippen LogP contribution in [0, 0.1) is 0 Å². The van der Waals surface area contributed by atoms with E-state index in [4.69, 9.17) is 27.9 Å². The highest BCUT2D eigenvalue weighted by atomic mass is 35.5. The zero-order chi connectivity index (χ0) is 13.7. The molecule has 0 spiro atoms. The van der Waals surface area contributed by atoms with Gasteiger partial charge in [-0.1, -0.05) is 29.3 Å². The van der Waals surface area contributed by atoms with Gasteiger partial charge in [-0.3, -0.25) is 4.79 Å². The molecular weight excluding hydrogens is 305 g/mol. The lowest BCUT2D eigenvalue weighted by Crippen LogP contribution is -2.28. The fraction of sp³-hybridized carbons (Fsp3) is 0.154. The van der Waals surface area contributed by atoms with Crippen LogP contribution < -0.4 is 10.1 Å². The minimum Gasteiger partial charge on any atom is -0.482 e. The van der Waals surface area contributed by atoms with Crippen molar-refractivity contribution in [2.24, 2.45) is 0 Å². The Morgan fingerprint density at radius 2 is 2.16 bits per heavy atom. The summed E-state index contributed by atoms with van der Waals surface area (Å²) in [6.45, 7) is 0.411. The predicted octanol–water partition coefficient (Wildman–Crippen LogP) is 3.75. The molecule has 100 valence electrons. The van der Waals surface area contributed by atoms with Gasteiger partial charge in [0, 0.05) is 16.0 Å². The van der Waals surface area contributed by atoms with Gasteiger partial charge in [-0.2, -0.15) is 0 Å². The van der Waals surface area contributed by atoms with E-state index in [-0.39, 0.29) is 12.5 Å². The van der Waals surface area contributed by atoms with E-state index >= 15 is 0 Å². The van der Waals surface area contributed by atoms with Gasteiger partial charge >= 0.3 is 0 Å². The molecule has 1 heterocycles. The number of nitrogens with one attached hydrogen (secondary N) is 1. The third kappa shape index (κ3) is 4.42. The molecule has 1 aromatic carbocycles.